The Balaban J connectivity index is 3.49. The normalized spacial score (nSPS) is 10.0. The predicted octanol–water partition coefficient (Wildman–Crippen LogP) is 4.25. The molecule has 0 saturated carbocycles. The number of benzene rings is 1. The van der Waals surface area contributed by atoms with Gasteiger partial charge in [0.15, 0.2) is 0 Å². The molecule has 0 unspecified atom stereocenters. The van der Waals surface area contributed by atoms with Crippen molar-refractivity contribution in [3.63, 3.8) is 0 Å². The molecule has 1 aromatic rings. The van der Waals surface area contributed by atoms with Gasteiger partial charge in [0.25, 0.3) is 0 Å². The van der Waals surface area contributed by atoms with Crippen molar-refractivity contribution < 1.29 is 0 Å². The van der Waals surface area contributed by atoms with Crippen LogP contribution in [-0.4, -0.2) is 0 Å². The van der Waals surface area contributed by atoms with Crippen molar-refractivity contribution in [1.82, 2.24) is 0 Å². The van der Waals surface area contributed by atoms with E-state index in [9.17, 15) is 0 Å². The maximum atomic E-state index is 6.01. The topological polar surface area (TPSA) is 0 Å². The highest BCUT2D eigenvalue weighted by Crippen LogP contribution is 2.30. The summed E-state index contributed by atoms with van der Waals surface area (Å²) >= 11 is 12.0. The predicted molar refractivity (Wildman–Crippen MR) is 56.0 cm³/mol. The van der Waals surface area contributed by atoms with Gasteiger partial charge in [-0.3, -0.25) is 0 Å². The average molecular weight is 201 g/mol. The van der Waals surface area contributed by atoms with Gasteiger partial charge in [0, 0.05) is 5.02 Å². The fraction of sp³-hybridized carbons (Fsp3) is 0.200. The molecule has 0 amide bonds. The summed E-state index contributed by atoms with van der Waals surface area (Å²) < 4.78 is 0. The van der Waals surface area contributed by atoms with E-state index in [4.69, 9.17) is 23.2 Å². The summed E-state index contributed by atoms with van der Waals surface area (Å²) in [4.78, 5) is 0. The molecular weight excluding hydrogens is 191 g/mol. The minimum absolute atomic E-state index is 0.695. The van der Waals surface area contributed by atoms with Crippen LogP contribution in [0.15, 0.2) is 12.6 Å². The molecule has 0 radical (unpaired) electrons. The number of halogens is 2. The van der Waals surface area contributed by atoms with Gasteiger partial charge in [-0.1, -0.05) is 35.9 Å². The van der Waals surface area contributed by atoms with Gasteiger partial charge in [0.1, 0.15) is 0 Å². The van der Waals surface area contributed by atoms with E-state index in [1.807, 2.05) is 19.9 Å². The summed E-state index contributed by atoms with van der Waals surface area (Å²) in [5.74, 6) is 0. The SMILES string of the molecule is C=Cc1cc(C)c(Cl)c(C)c1Cl. The summed E-state index contributed by atoms with van der Waals surface area (Å²) in [7, 11) is 0. The maximum Gasteiger partial charge on any atom is 0.0522 e. The molecule has 0 nitrogen and oxygen atoms in total. The minimum Gasteiger partial charge on any atom is -0.0984 e. The largest absolute Gasteiger partial charge is 0.0984 e. The fourth-order valence-corrected chi connectivity index (χ4v) is 1.54. The summed E-state index contributed by atoms with van der Waals surface area (Å²) in [6.07, 6.45) is 1.73. The molecular formula is C10H10Cl2. The van der Waals surface area contributed by atoms with Crippen molar-refractivity contribution >= 4 is 29.3 Å². The van der Waals surface area contributed by atoms with Gasteiger partial charge in [0.05, 0.1) is 5.02 Å². The fourth-order valence-electron chi connectivity index (χ4n) is 1.12. The van der Waals surface area contributed by atoms with E-state index in [0.717, 1.165) is 21.7 Å². The van der Waals surface area contributed by atoms with E-state index in [0.29, 0.717) is 5.02 Å². The maximum absolute atomic E-state index is 6.01. The lowest BCUT2D eigenvalue weighted by molar-refractivity contribution is 1.37. The first kappa shape index (κ1) is 9.63. The Hall–Kier alpha value is -0.460. The standard InChI is InChI=1S/C10H10Cl2/c1-4-8-5-6(2)9(11)7(3)10(8)12/h4-5H,1H2,2-3H3. The van der Waals surface area contributed by atoms with Crippen LogP contribution in [0.1, 0.15) is 16.7 Å². The number of hydrogen-bond acceptors (Lipinski definition) is 0. The number of aryl methyl sites for hydroxylation is 1. The van der Waals surface area contributed by atoms with Crippen LogP contribution in [0.25, 0.3) is 6.08 Å². The van der Waals surface area contributed by atoms with Gasteiger partial charge in [-0.25, -0.2) is 0 Å². The molecule has 12 heavy (non-hydrogen) atoms. The summed E-state index contributed by atoms with van der Waals surface area (Å²) in [5.41, 5.74) is 2.90. The van der Waals surface area contributed by atoms with Crippen molar-refractivity contribution in [1.29, 1.82) is 0 Å². The molecule has 0 bridgehead atoms. The summed E-state index contributed by atoms with van der Waals surface area (Å²) in [6.45, 7) is 7.54. The first-order chi connectivity index (χ1) is 5.57. The van der Waals surface area contributed by atoms with E-state index in [-0.39, 0.29) is 0 Å². The number of rotatable bonds is 1. The van der Waals surface area contributed by atoms with Gasteiger partial charge in [-0.15, -0.1) is 0 Å². The highest BCUT2D eigenvalue weighted by atomic mass is 35.5. The Morgan fingerprint density at radius 1 is 1.25 bits per heavy atom. The third-order valence-electron chi connectivity index (χ3n) is 1.85. The molecule has 0 atom stereocenters. The van der Waals surface area contributed by atoms with Crippen LogP contribution >= 0.6 is 23.2 Å². The smallest absolute Gasteiger partial charge is 0.0522 e. The molecule has 0 aliphatic heterocycles. The first-order valence-electron chi connectivity index (χ1n) is 3.65. The Kier molecular flexibility index (Phi) is 2.81. The molecule has 0 spiro atoms. The van der Waals surface area contributed by atoms with E-state index in [1.54, 1.807) is 6.08 Å². The third kappa shape index (κ3) is 1.50. The van der Waals surface area contributed by atoms with Crippen molar-refractivity contribution in [2.75, 3.05) is 0 Å². The van der Waals surface area contributed by atoms with Crippen molar-refractivity contribution in [3.05, 3.63) is 39.4 Å². The molecule has 64 valence electrons. The molecule has 2 heteroatoms. The Morgan fingerprint density at radius 2 is 1.83 bits per heavy atom. The molecule has 0 aromatic heterocycles. The van der Waals surface area contributed by atoms with Crippen LogP contribution in [0.3, 0.4) is 0 Å². The van der Waals surface area contributed by atoms with Crippen LogP contribution < -0.4 is 0 Å². The van der Waals surface area contributed by atoms with E-state index >= 15 is 0 Å². The van der Waals surface area contributed by atoms with Crippen LogP contribution in [0.2, 0.25) is 10.0 Å². The minimum atomic E-state index is 0.695. The lowest BCUT2D eigenvalue weighted by Crippen LogP contribution is -1.86. The number of hydrogen-bond donors (Lipinski definition) is 0. The second-order valence-electron chi connectivity index (χ2n) is 2.74. The molecule has 0 saturated heterocycles. The molecule has 0 fully saturated rings. The van der Waals surface area contributed by atoms with Crippen LogP contribution in [0, 0.1) is 13.8 Å². The molecule has 1 aromatic carbocycles. The van der Waals surface area contributed by atoms with Gasteiger partial charge in [-0.2, -0.15) is 0 Å². The average Bonchev–Trinajstić information content (AvgIpc) is 2.08. The van der Waals surface area contributed by atoms with E-state index < -0.39 is 0 Å². The molecule has 0 aliphatic carbocycles. The van der Waals surface area contributed by atoms with Gasteiger partial charge >= 0.3 is 0 Å². The quantitative estimate of drug-likeness (QED) is 0.636. The highest BCUT2D eigenvalue weighted by Gasteiger charge is 2.07. The second-order valence-corrected chi connectivity index (χ2v) is 3.50. The highest BCUT2D eigenvalue weighted by molar-refractivity contribution is 6.37. The van der Waals surface area contributed by atoms with Gasteiger partial charge in [0.2, 0.25) is 0 Å². The Bertz CT molecular complexity index is 327. The summed E-state index contributed by atoms with van der Waals surface area (Å²) in [5, 5.41) is 1.44. The van der Waals surface area contributed by atoms with Crippen molar-refractivity contribution in [3.8, 4) is 0 Å². The first-order valence-corrected chi connectivity index (χ1v) is 4.41. The Morgan fingerprint density at radius 3 is 2.33 bits per heavy atom. The monoisotopic (exact) mass is 200 g/mol. The second kappa shape index (κ2) is 3.51. The zero-order chi connectivity index (χ0) is 9.30. The summed E-state index contributed by atoms with van der Waals surface area (Å²) in [6, 6.07) is 1.94. The van der Waals surface area contributed by atoms with Crippen LogP contribution in [0.5, 0.6) is 0 Å². The van der Waals surface area contributed by atoms with Gasteiger partial charge in [-0.05, 0) is 36.6 Å². The lowest BCUT2D eigenvalue weighted by atomic mass is 10.1. The molecule has 0 heterocycles. The molecule has 1 rings (SSSR count). The third-order valence-corrected chi connectivity index (χ3v) is 2.93. The van der Waals surface area contributed by atoms with Crippen LogP contribution in [-0.2, 0) is 0 Å². The zero-order valence-electron chi connectivity index (χ0n) is 7.12. The Labute approximate surface area is 82.8 Å². The molecule has 0 N–H and O–H groups in total. The van der Waals surface area contributed by atoms with Crippen molar-refractivity contribution in [2.24, 2.45) is 0 Å². The van der Waals surface area contributed by atoms with E-state index in [2.05, 4.69) is 6.58 Å². The van der Waals surface area contributed by atoms with Crippen LogP contribution in [0.4, 0.5) is 0 Å². The lowest BCUT2D eigenvalue weighted by Gasteiger charge is -2.07. The van der Waals surface area contributed by atoms with Gasteiger partial charge < -0.3 is 0 Å². The van der Waals surface area contributed by atoms with E-state index in [1.165, 1.54) is 0 Å². The molecule has 0 aliphatic rings. The van der Waals surface area contributed by atoms with Crippen molar-refractivity contribution in [2.45, 2.75) is 13.8 Å². The zero-order valence-corrected chi connectivity index (χ0v) is 8.63.